The molecule has 1 nitrogen and oxygen atoms in total. The van der Waals surface area contributed by atoms with Gasteiger partial charge in [0.25, 0.3) is 0 Å². The molecule has 4 heteroatoms. The molecule has 0 unspecified atom stereocenters. The van der Waals surface area contributed by atoms with Crippen LogP contribution in [0.1, 0.15) is 0 Å². The van der Waals surface area contributed by atoms with Crippen LogP contribution in [0.5, 0.6) is 5.75 Å². The average molecular weight is 228 g/mol. The minimum absolute atomic E-state index is 0.262. The first-order valence-corrected chi connectivity index (χ1v) is 6.16. The molecule has 0 aliphatic carbocycles. The van der Waals surface area contributed by atoms with Crippen molar-refractivity contribution in [2.24, 2.45) is 0 Å². The van der Waals surface area contributed by atoms with Crippen LogP contribution in [0, 0.1) is 5.82 Å². The van der Waals surface area contributed by atoms with Crippen LogP contribution >= 0.6 is 23.1 Å². The van der Waals surface area contributed by atoms with E-state index in [0.29, 0.717) is 11.1 Å². The first kappa shape index (κ1) is 9.80. The van der Waals surface area contributed by atoms with Crippen molar-refractivity contribution in [3.8, 4) is 5.75 Å². The average Bonchev–Trinajstić information content (AvgIpc) is 2.68. The van der Waals surface area contributed by atoms with Gasteiger partial charge in [-0.3, -0.25) is 0 Å². The Labute approximate surface area is 89.9 Å². The molecule has 1 aromatic heterocycles. The van der Waals surface area contributed by atoms with E-state index >= 15 is 0 Å². The predicted molar refractivity (Wildman–Crippen MR) is 60.1 cm³/mol. The van der Waals surface area contributed by atoms with E-state index in [-0.39, 0.29) is 5.82 Å². The fourth-order valence-corrected chi connectivity index (χ4v) is 3.07. The van der Waals surface area contributed by atoms with Gasteiger partial charge in [0.05, 0.1) is 11.8 Å². The lowest BCUT2D eigenvalue weighted by Gasteiger charge is -2.05. The molecule has 74 valence electrons. The van der Waals surface area contributed by atoms with Gasteiger partial charge < -0.3 is 4.74 Å². The summed E-state index contributed by atoms with van der Waals surface area (Å²) in [5, 5.41) is 2.55. The summed E-state index contributed by atoms with van der Waals surface area (Å²) >= 11 is 3.16. The molecule has 0 spiro atoms. The molecule has 0 radical (unpaired) electrons. The number of benzene rings is 1. The van der Waals surface area contributed by atoms with E-state index in [1.165, 1.54) is 7.11 Å². The molecular weight excluding hydrogens is 219 g/mol. The lowest BCUT2D eigenvalue weighted by molar-refractivity contribution is 0.388. The maximum absolute atomic E-state index is 13.7. The van der Waals surface area contributed by atoms with Gasteiger partial charge in [0, 0.05) is 10.3 Å². The first-order chi connectivity index (χ1) is 6.77. The second kappa shape index (κ2) is 3.79. The van der Waals surface area contributed by atoms with Crippen LogP contribution in [0.2, 0.25) is 0 Å². The van der Waals surface area contributed by atoms with Gasteiger partial charge in [0.15, 0.2) is 11.6 Å². The third-order valence-corrected chi connectivity index (χ3v) is 3.88. The normalized spacial score (nSPS) is 10.8. The van der Waals surface area contributed by atoms with Gasteiger partial charge in [-0.2, -0.15) is 0 Å². The van der Waals surface area contributed by atoms with Crippen molar-refractivity contribution in [1.29, 1.82) is 0 Å². The zero-order chi connectivity index (χ0) is 10.1. The maximum Gasteiger partial charge on any atom is 0.173 e. The van der Waals surface area contributed by atoms with Crippen molar-refractivity contribution < 1.29 is 9.13 Å². The van der Waals surface area contributed by atoms with Gasteiger partial charge in [0.2, 0.25) is 0 Å². The van der Waals surface area contributed by atoms with Gasteiger partial charge >= 0.3 is 0 Å². The van der Waals surface area contributed by atoms with E-state index in [0.717, 1.165) is 9.60 Å². The number of ether oxygens (including phenoxy) is 1. The highest BCUT2D eigenvalue weighted by atomic mass is 32.2. The highest BCUT2D eigenvalue weighted by molar-refractivity contribution is 7.99. The molecule has 0 atom stereocenters. The van der Waals surface area contributed by atoms with Crippen molar-refractivity contribution in [2.75, 3.05) is 13.4 Å². The van der Waals surface area contributed by atoms with Crippen LogP contribution in [0.15, 0.2) is 22.4 Å². The number of methoxy groups -OCH3 is 1. The van der Waals surface area contributed by atoms with Gasteiger partial charge in [-0.05, 0) is 23.8 Å². The van der Waals surface area contributed by atoms with E-state index in [9.17, 15) is 4.39 Å². The minimum Gasteiger partial charge on any atom is -0.494 e. The smallest absolute Gasteiger partial charge is 0.173 e. The molecule has 0 saturated carbocycles. The lowest BCUT2D eigenvalue weighted by atomic mass is 10.2. The quantitative estimate of drug-likeness (QED) is 0.724. The van der Waals surface area contributed by atoms with Crippen LogP contribution in [0.4, 0.5) is 4.39 Å². The summed E-state index contributed by atoms with van der Waals surface area (Å²) < 4.78 is 19.7. The van der Waals surface area contributed by atoms with Crippen LogP contribution in [0.3, 0.4) is 0 Å². The number of halogens is 1. The molecule has 0 aliphatic rings. The SMILES string of the molecule is COc1cc(SC)c2sccc2c1F. The second-order valence-corrected chi connectivity index (χ2v) is 4.52. The van der Waals surface area contributed by atoms with E-state index < -0.39 is 0 Å². The van der Waals surface area contributed by atoms with E-state index in [1.807, 2.05) is 11.6 Å². The van der Waals surface area contributed by atoms with E-state index in [4.69, 9.17) is 4.74 Å². The van der Waals surface area contributed by atoms with Crippen LogP contribution in [0.25, 0.3) is 10.1 Å². The van der Waals surface area contributed by atoms with Crippen molar-refractivity contribution in [2.45, 2.75) is 4.90 Å². The Morgan fingerprint density at radius 2 is 2.29 bits per heavy atom. The Morgan fingerprint density at radius 3 is 2.93 bits per heavy atom. The molecule has 0 saturated heterocycles. The molecule has 1 aromatic carbocycles. The summed E-state index contributed by atoms with van der Waals surface area (Å²) in [6.45, 7) is 0. The maximum atomic E-state index is 13.7. The minimum atomic E-state index is -0.262. The molecule has 0 aliphatic heterocycles. The van der Waals surface area contributed by atoms with E-state index in [1.54, 1.807) is 35.2 Å². The number of thioether (sulfide) groups is 1. The highest BCUT2D eigenvalue weighted by Crippen LogP contribution is 2.37. The van der Waals surface area contributed by atoms with Gasteiger partial charge in [0.1, 0.15) is 0 Å². The van der Waals surface area contributed by atoms with E-state index in [2.05, 4.69) is 0 Å². The van der Waals surface area contributed by atoms with Crippen molar-refractivity contribution in [1.82, 2.24) is 0 Å². The molecule has 1 heterocycles. The summed E-state index contributed by atoms with van der Waals surface area (Å²) in [6.07, 6.45) is 1.98. The number of hydrogen-bond donors (Lipinski definition) is 0. The fraction of sp³-hybridized carbons (Fsp3) is 0.200. The number of fused-ring (bicyclic) bond motifs is 1. The van der Waals surface area contributed by atoms with Crippen molar-refractivity contribution in [3.05, 3.63) is 23.3 Å². The molecule has 0 amide bonds. The summed E-state index contributed by atoms with van der Waals surface area (Å²) in [5.74, 6) is 0.0572. The molecule has 0 N–H and O–H groups in total. The Hall–Kier alpha value is -0.740. The monoisotopic (exact) mass is 228 g/mol. The van der Waals surface area contributed by atoms with Gasteiger partial charge in [-0.1, -0.05) is 0 Å². The van der Waals surface area contributed by atoms with Crippen molar-refractivity contribution >= 4 is 33.2 Å². The Bertz CT molecular complexity index is 464. The third-order valence-electron chi connectivity index (χ3n) is 2.04. The zero-order valence-corrected chi connectivity index (χ0v) is 9.47. The largest absolute Gasteiger partial charge is 0.494 e. The van der Waals surface area contributed by atoms with Gasteiger partial charge in [-0.15, -0.1) is 23.1 Å². The Balaban J connectivity index is 2.80. The zero-order valence-electron chi connectivity index (χ0n) is 7.83. The Kier molecular flexibility index (Phi) is 2.65. The molecule has 14 heavy (non-hydrogen) atoms. The molecule has 0 fully saturated rings. The topological polar surface area (TPSA) is 9.23 Å². The summed E-state index contributed by atoms with van der Waals surface area (Å²) in [4.78, 5) is 1.06. The van der Waals surface area contributed by atoms with Crippen LogP contribution in [-0.2, 0) is 0 Å². The standard InChI is InChI=1S/C10H9FOS2/c1-12-7-5-8(13-2)10-6(9(7)11)3-4-14-10/h3-5H,1-2H3. The van der Waals surface area contributed by atoms with Crippen molar-refractivity contribution in [3.63, 3.8) is 0 Å². The predicted octanol–water partition coefficient (Wildman–Crippen LogP) is 3.77. The second-order valence-electron chi connectivity index (χ2n) is 2.76. The van der Waals surface area contributed by atoms with Crippen LogP contribution in [-0.4, -0.2) is 13.4 Å². The number of hydrogen-bond acceptors (Lipinski definition) is 3. The summed E-state index contributed by atoms with van der Waals surface area (Å²) in [6, 6.07) is 3.54. The number of rotatable bonds is 2. The third kappa shape index (κ3) is 1.38. The highest BCUT2D eigenvalue weighted by Gasteiger charge is 2.12. The van der Waals surface area contributed by atoms with Crippen LogP contribution < -0.4 is 4.74 Å². The summed E-state index contributed by atoms with van der Waals surface area (Å²) in [7, 11) is 1.49. The summed E-state index contributed by atoms with van der Waals surface area (Å²) in [5.41, 5.74) is 0. The van der Waals surface area contributed by atoms with Gasteiger partial charge in [-0.25, -0.2) is 4.39 Å². The lowest BCUT2D eigenvalue weighted by Crippen LogP contribution is -1.89. The first-order valence-electron chi connectivity index (χ1n) is 4.05. The Morgan fingerprint density at radius 1 is 1.50 bits per heavy atom. The molecule has 2 aromatic rings. The molecule has 2 rings (SSSR count). The molecular formula is C10H9FOS2. The number of thiophene rings is 1. The fourth-order valence-electron chi connectivity index (χ4n) is 1.35. The molecule has 0 bridgehead atoms.